The highest BCUT2D eigenvalue weighted by molar-refractivity contribution is 9.10. The molecule has 1 saturated heterocycles. The molecule has 2 aromatic heterocycles. The standard InChI is InChI=1S/C12H16BrN5.C2H2.CH4O/c13-10-9-15-18-7-3-11(16-12(10)18)14-4-8-17-5-1-2-6-17;2*1-2/h3,7,9H,1-2,4-6,8H2,(H,14,16);1-2H;2H,1H3. The largest absolute Gasteiger partial charge is 0.400 e. The number of rotatable bonds is 4. The van der Waals surface area contributed by atoms with Gasteiger partial charge in [0.25, 0.3) is 0 Å². The average Bonchev–Trinajstić information content (AvgIpc) is 3.22. The van der Waals surface area contributed by atoms with Crippen LogP contribution in [0.25, 0.3) is 5.65 Å². The molecule has 7 heteroatoms. The summed E-state index contributed by atoms with van der Waals surface area (Å²) in [7, 11) is 1.00. The molecule has 0 atom stereocenters. The fraction of sp³-hybridized carbons (Fsp3) is 0.467. The molecule has 120 valence electrons. The lowest BCUT2D eigenvalue weighted by molar-refractivity contribution is 0.352. The zero-order valence-electron chi connectivity index (χ0n) is 12.7. The minimum Gasteiger partial charge on any atom is -0.400 e. The fourth-order valence-corrected chi connectivity index (χ4v) is 2.65. The molecule has 6 nitrogen and oxygen atoms in total. The highest BCUT2D eigenvalue weighted by Crippen LogP contribution is 2.16. The molecule has 2 N–H and O–H groups in total. The van der Waals surface area contributed by atoms with E-state index in [4.69, 9.17) is 5.11 Å². The number of nitrogens with one attached hydrogen (secondary N) is 1. The first kappa shape index (κ1) is 18.4. The normalized spacial score (nSPS) is 13.9. The number of aliphatic hydroxyl groups excluding tert-OH is 1. The number of hydrogen-bond acceptors (Lipinski definition) is 5. The van der Waals surface area contributed by atoms with E-state index < -0.39 is 0 Å². The molecule has 0 radical (unpaired) electrons. The summed E-state index contributed by atoms with van der Waals surface area (Å²) in [5, 5.41) is 14.5. The summed E-state index contributed by atoms with van der Waals surface area (Å²) in [5.41, 5.74) is 0.848. The summed E-state index contributed by atoms with van der Waals surface area (Å²) >= 11 is 3.44. The second kappa shape index (κ2) is 10.2. The first-order valence-corrected chi connectivity index (χ1v) is 7.86. The number of aromatic nitrogens is 3. The van der Waals surface area contributed by atoms with Crippen LogP contribution >= 0.6 is 15.9 Å². The Kier molecular flexibility index (Phi) is 8.51. The van der Waals surface area contributed by atoms with Crippen molar-refractivity contribution in [3.8, 4) is 12.8 Å². The molecule has 2 aromatic rings. The zero-order valence-corrected chi connectivity index (χ0v) is 14.3. The Morgan fingerprint density at radius 3 is 2.68 bits per heavy atom. The van der Waals surface area contributed by atoms with Crippen LogP contribution in [0.2, 0.25) is 0 Å². The topological polar surface area (TPSA) is 65.7 Å². The second-order valence-corrected chi connectivity index (χ2v) is 5.40. The third-order valence-corrected chi connectivity index (χ3v) is 3.82. The van der Waals surface area contributed by atoms with Crippen molar-refractivity contribution in [1.82, 2.24) is 19.5 Å². The highest BCUT2D eigenvalue weighted by Gasteiger charge is 2.10. The molecule has 0 spiro atoms. The van der Waals surface area contributed by atoms with Gasteiger partial charge in [0, 0.05) is 26.4 Å². The van der Waals surface area contributed by atoms with Crippen molar-refractivity contribution in [3.05, 3.63) is 22.9 Å². The Morgan fingerprint density at radius 1 is 1.32 bits per heavy atom. The molecule has 0 unspecified atom stereocenters. The van der Waals surface area contributed by atoms with Crippen LogP contribution in [0.3, 0.4) is 0 Å². The van der Waals surface area contributed by atoms with Crippen molar-refractivity contribution in [1.29, 1.82) is 0 Å². The molecule has 1 aliphatic rings. The Balaban J connectivity index is 0.000000561. The van der Waals surface area contributed by atoms with Crippen LogP contribution in [-0.4, -0.2) is 57.9 Å². The predicted octanol–water partition coefficient (Wildman–Crippen LogP) is 1.86. The third-order valence-electron chi connectivity index (χ3n) is 3.26. The van der Waals surface area contributed by atoms with Gasteiger partial charge in [0.05, 0.1) is 10.7 Å². The number of aliphatic hydroxyl groups is 1. The van der Waals surface area contributed by atoms with E-state index >= 15 is 0 Å². The number of nitrogens with zero attached hydrogens (tertiary/aromatic N) is 4. The van der Waals surface area contributed by atoms with Gasteiger partial charge in [-0.3, -0.25) is 0 Å². The molecule has 3 heterocycles. The van der Waals surface area contributed by atoms with Crippen LogP contribution < -0.4 is 5.32 Å². The van der Waals surface area contributed by atoms with E-state index in [9.17, 15) is 0 Å². The van der Waals surface area contributed by atoms with Gasteiger partial charge in [0.2, 0.25) is 0 Å². The third kappa shape index (κ3) is 4.98. The van der Waals surface area contributed by atoms with E-state index in [1.165, 1.54) is 25.9 Å². The van der Waals surface area contributed by atoms with Crippen LogP contribution in [0.1, 0.15) is 12.8 Å². The van der Waals surface area contributed by atoms with E-state index in [1.54, 1.807) is 10.7 Å². The van der Waals surface area contributed by atoms with Crippen LogP contribution in [0.4, 0.5) is 5.82 Å². The number of likely N-dealkylation sites (tertiary alicyclic amines) is 1. The van der Waals surface area contributed by atoms with Crippen molar-refractivity contribution in [2.75, 3.05) is 38.6 Å². The Morgan fingerprint density at radius 2 is 2.00 bits per heavy atom. The molecular formula is C15H22BrN5O. The van der Waals surface area contributed by atoms with Crippen LogP contribution in [0.15, 0.2) is 22.9 Å². The SMILES string of the molecule is Brc1cnn2ccc(NCCN3CCCC3)nc12.C#C.CO. The summed E-state index contributed by atoms with van der Waals surface area (Å²) in [6, 6.07) is 1.95. The molecule has 0 saturated carbocycles. The summed E-state index contributed by atoms with van der Waals surface area (Å²) in [5.74, 6) is 0.905. The minimum absolute atomic E-state index is 0.848. The van der Waals surface area contributed by atoms with Gasteiger partial charge in [-0.05, 0) is 47.9 Å². The molecule has 0 aliphatic carbocycles. The molecule has 22 heavy (non-hydrogen) atoms. The molecule has 0 bridgehead atoms. The van der Waals surface area contributed by atoms with Gasteiger partial charge in [-0.15, -0.1) is 12.8 Å². The van der Waals surface area contributed by atoms with Gasteiger partial charge in [-0.2, -0.15) is 5.10 Å². The summed E-state index contributed by atoms with van der Waals surface area (Å²) < 4.78 is 2.68. The van der Waals surface area contributed by atoms with Crippen molar-refractivity contribution >= 4 is 27.4 Å². The van der Waals surface area contributed by atoms with Crippen LogP contribution in [0, 0.1) is 12.8 Å². The number of anilines is 1. The Labute approximate surface area is 139 Å². The van der Waals surface area contributed by atoms with Gasteiger partial charge in [0.15, 0.2) is 5.65 Å². The van der Waals surface area contributed by atoms with Gasteiger partial charge in [-0.25, -0.2) is 9.50 Å². The van der Waals surface area contributed by atoms with E-state index in [-0.39, 0.29) is 0 Å². The lowest BCUT2D eigenvalue weighted by Gasteiger charge is -2.14. The summed E-state index contributed by atoms with van der Waals surface area (Å²) in [4.78, 5) is 7.01. The van der Waals surface area contributed by atoms with Gasteiger partial charge in [0.1, 0.15) is 5.82 Å². The molecular weight excluding hydrogens is 346 g/mol. The fourth-order valence-electron chi connectivity index (χ4n) is 2.29. The molecule has 0 amide bonds. The van der Waals surface area contributed by atoms with Crippen LogP contribution in [-0.2, 0) is 0 Å². The van der Waals surface area contributed by atoms with Crippen molar-refractivity contribution in [3.63, 3.8) is 0 Å². The first-order valence-electron chi connectivity index (χ1n) is 7.07. The average molecular weight is 368 g/mol. The lowest BCUT2D eigenvalue weighted by atomic mass is 10.4. The maximum absolute atomic E-state index is 7.00. The Bertz CT molecular complexity index is 578. The van der Waals surface area contributed by atoms with Gasteiger partial charge >= 0.3 is 0 Å². The van der Waals surface area contributed by atoms with E-state index in [0.717, 1.165) is 36.1 Å². The summed E-state index contributed by atoms with van der Waals surface area (Å²) in [6.45, 7) is 4.51. The van der Waals surface area contributed by atoms with E-state index in [0.29, 0.717) is 0 Å². The highest BCUT2D eigenvalue weighted by atomic mass is 79.9. The van der Waals surface area contributed by atoms with Crippen molar-refractivity contribution < 1.29 is 5.11 Å². The number of halogens is 1. The van der Waals surface area contributed by atoms with Crippen molar-refractivity contribution in [2.24, 2.45) is 0 Å². The second-order valence-electron chi connectivity index (χ2n) is 4.55. The predicted molar refractivity (Wildman–Crippen MR) is 92.9 cm³/mol. The quantitative estimate of drug-likeness (QED) is 0.807. The zero-order chi connectivity index (χ0) is 16.4. The van der Waals surface area contributed by atoms with E-state index in [2.05, 4.69) is 49.1 Å². The lowest BCUT2D eigenvalue weighted by Crippen LogP contribution is -2.26. The smallest absolute Gasteiger partial charge is 0.171 e. The van der Waals surface area contributed by atoms with E-state index in [1.807, 2.05) is 12.3 Å². The van der Waals surface area contributed by atoms with Gasteiger partial charge < -0.3 is 15.3 Å². The summed E-state index contributed by atoms with van der Waals surface area (Å²) in [6.07, 6.45) is 14.4. The van der Waals surface area contributed by atoms with Gasteiger partial charge in [-0.1, -0.05) is 0 Å². The monoisotopic (exact) mass is 367 g/mol. The number of fused-ring (bicyclic) bond motifs is 1. The number of hydrogen-bond donors (Lipinski definition) is 2. The maximum atomic E-state index is 7.00. The first-order chi connectivity index (χ1) is 10.8. The molecule has 0 aromatic carbocycles. The minimum atomic E-state index is 0.848. The molecule has 3 rings (SSSR count). The van der Waals surface area contributed by atoms with Crippen LogP contribution in [0.5, 0.6) is 0 Å². The maximum Gasteiger partial charge on any atom is 0.171 e. The Hall–Kier alpha value is -1.62. The molecule has 1 aliphatic heterocycles. The molecule has 1 fully saturated rings. The number of terminal acetylenes is 1. The van der Waals surface area contributed by atoms with Crippen molar-refractivity contribution in [2.45, 2.75) is 12.8 Å².